The van der Waals surface area contributed by atoms with E-state index in [1.807, 2.05) is 0 Å². The summed E-state index contributed by atoms with van der Waals surface area (Å²) in [5, 5.41) is 5.52. The van der Waals surface area contributed by atoms with E-state index in [-0.39, 0.29) is 5.91 Å². The molecule has 128 valence electrons. The Morgan fingerprint density at radius 2 is 1.62 bits per heavy atom. The van der Waals surface area contributed by atoms with Crippen molar-refractivity contribution in [1.29, 1.82) is 0 Å². The molecule has 1 amide bonds. The zero-order valence-corrected chi connectivity index (χ0v) is 13.5. The zero-order chi connectivity index (χ0) is 17.7. The van der Waals surface area contributed by atoms with Crippen LogP contribution in [-0.2, 0) is 4.79 Å². The van der Waals surface area contributed by atoms with Crippen molar-refractivity contribution in [2.75, 3.05) is 24.9 Å². The van der Waals surface area contributed by atoms with Crippen LogP contribution in [0.15, 0.2) is 36.4 Å². The van der Waals surface area contributed by atoms with E-state index in [2.05, 4.69) is 10.6 Å². The molecule has 0 spiro atoms. The minimum absolute atomic E-state index is 0.309. The van der Waals surface area contributed by atoms with Gasteiger partial charge in [0.25, 0.3) is 0 Å². The molecule has 7 heteroatoms. The molecule has 0 fully saturated rings. The highest BCUT2D eigenvalue weighted by atomic mass is 19.2. The molecule has 0 saturated carbocycles. The van der Waals surface area contributed by atoms with Crippen molar-refractivity contribution in [2.24, 2.45) is 0 Å². The molecule has 2 aromatic rings. The molecule has 2 N–H and O–H groups in total. The quantitative estimate of drug-likeness (QED) is 0.849. The Balaban J connectivity index is 2.04. The van der Waals surface area contributed by atoms with Crippen LogP contribution in [0.4, 0.5) is 20.2 Å². The van der Waals surface area contributed by atoms with Gasteiger partial charge in [0.1, 0.15) is 6.04 Å². The fourth-order valence-electron chi connectivity index (χ4n) is 2.07. The topological polar surface area (TPSA) is 59.6 Å². The van der Waals surface area contributed by atoms with E-state index in [0.29, 0.717) is 22.9 Å². The minimum Gasteiger partial charge on any atom is -0.493 e. The van der Waals surface area contributed by atoms with E-state index in [1.165, 1.54) is 20.3 Å². The van der Waals surface area contributed by atoms with Gasteiger partial charge in [-0.25, -0.2) is 8.78 Å². The van der Waals surface area contributed by atoms with E-state index < -0.39 is 17.7 Å². The Morgan fingerprint density at radius 1 is 0.958 bits per heavy atom. The van der Waals surface area contributed by atoms with Gasteiger partial charge < -0.3 is 20.1 Å². The Bertz CT molecular complexity index is 738. The lowest BCUT2D eigenvalue weighted by molar-refractivity contribution is -0.116. The van der Waals surface area contributed by atoms with Gasteiger partial charge in [0.2, 0.25) is 5.91 Å². The highest BCUT2D eigenvalue weighted by Crippen LogP contribution is 2.29. The number of benzene rings is 2. The number of hydrogen-bond donors (Lipinski definition) is 2. The number of amides is 1. The molecule has 5 nitrogen and oxygen atoms in total. The lowest BCUT2D eigenvalue weighted by atomic mass is 10.2. The van der Waals surface area contributed by atoms with Crippen LogP contribution in [0.2, 0.25) is 0 Å². The van der Waals surface area contributed by atoms with Crippen LogP contribution < -0.4 is 20.1 Å². The van der Waals surface area contributed by atoms with E-state index in [0.717, 1.165) is 12.1 Å². The second-order valence-electron chi connectivity index (χ2n) is 5.05. The first-order valence-corrected chi connectivity index (χ1v) is 7.19. The summed E-state index contributed by atoms with van der Waals surface area (Å²) in [4.78, 5) is 12.2. The SMILES string of the molecule is COc1ccc(NC(=O)C(C)Nc2ccc(F)c(F)c2)cc1OC. The maximum atomic E-state index is 13.2. The van der Waals surface area contributed by atoms with E-state index in [1.54, 1.807) is 25.1 Å². The van der Waals surface area contributed by atoms with Crippen LogP contribution in [0.5, 0.6) is 11.5 Å². The lowest BCUT2D eigenvalue weighted by Gasteiger charge is -2.16. The summed E-state index contributed by atoms with van der Waals surface area (Å²) in [7, 11) is 3.01. The van der Waals surface area contributed by atoms with Crippen LogP contribution in [-0.4, -0.2) is 26.2 Å². The fraction of sp³-hybridized carbons (Fsp3) is 0.235. The Morgan fingerprint density at radius 3 is 2.25 bits per heavy atom. The largest absolute Gasteiger partial charge is 0.493 e. The van der Waals surface area contributed by atoms with Gasteiger partial charge in [-0.15, -0.1) is 0 Å². The average molecular weight is 336 g/mol. The molecular formula is C17H18F2N2O3. The lowest BCUT2D eigenvalue weighted by Crippen LogP contribution is -2.31. The smallest absolute Gasteiger partial charge is 0.246 e. The maximum absolute atomic E-state index is 13.2. The highest BCUT2D eigenvalue weighted by Gasteiger charge is 2.15. The van der Waals surface area contributed by atoms with Crippen molar-refractivity contribution in [1.82, 2.24) is 0 Å². The summed E-state index contributed by atoms with van der Waals surface area (Å²) < 4.78 is 36.4. The molecule has 0 aliphatic carbocycles. The molecule has 1 unspecified atom stereocenters. The number of carbonyl (C=O) groups excluding carboxylic acids is 1. The highest BCUT2D eigenvalue weighted by molar-refractivity contribution is 5.96. The van der Waals surface area contributed by atoms with Gasteiger partial charge in [-0.05, 0) is 31.2 Å². The predicted octanol–water partition coefficient (Wildman–Crippen LogP) is 3.42. The van der Waals surface area contributed by atoms with Gasteiger partial charge >= 0.3 is 0 Å². The molecule has 0 saturated heterocycles. The van der Waals surface area contributed by atoms with Gasteiger partial charge in [0.05, 0.1) is 14.2 Å². The van der Waals surface area contributed by atoms with Crippen molar-refractivity contribution in [2.45, 2.75) is 13.0 Å². The molecule has 24 heavy (non-hydrogen) atoms. The molecule has 0 heterocycles. The number of carbonyl (C=O) groups is 1. The first-order chi connectivity index (χ1) is 11.4. The Hall–Kier alpha value is -2.83. The Kier molecular flexibility index (Phi) is 5.57. The van der Waals surface area contributed by atoms with Gasteiger partial charge in [-0.1, -0.05) is 0 Å². The first kappa shape index (κ1) is 17.5. The van der Waals surface area contributed by atoms with E-state index in [4.69, 9.17) is 9.47 Å². The summed E-state index contributed by atoms with van der Waals surface area (Å²) in [6.07, 6.45) is 0. The zero-order valence-electron chi connectivity index (χ0n) is 13.5. The van der Waals surface area contributed by atoms with Crippen molar-refractivity contribution >= 4 is 17.3 Å². The van der Waals surface area contributed by atoms with Crippen molar-refractivity contribution < 1.29 is 23.0 Å². The standard InChI is InChI=1S/C17H18F2N2O3/c1-10(20-11-4-6-13(18)14(19)8-11)17(22)21-12-5-7-15(23-2)16(9-12)24-3/h4-10,20H,1-3H3,(H,21,22). The van der Waals surface area contributed by atoms with Gasteiger partial charge in [-0.3, -0.25) is 4.79 Å². The fourth-order valence-corrected chi connectivity index (χ4v) is 2.07. The summed E-state index contributed by atoms with van der Waals surface area (Å²) in [5.74, 6) is -1.23. The van der Waals surface area contributed by atoms with Crippen LogP contribution >= 0.6 is 0 Å². The molecule has 2 rings (SSSR count). The summed E-state index contributed by atoms with van der Waals surface area (Å²) in [5.41, 5.74) is 0.834. The van der Waals surface area contributed by atoms with E-state index in [9.17, 15) is 13.6 Å². The predicted molar refractivity (Wildman–Crippen MR) is 87.6 cm³/mol. The molecule has 0 radical (unpaired) electrons. The molecule has 1 atom stereocenters. The van der Waals surface area contributed by atoms with E-state index >= 15 is 0 Å². The van der Waals surface area contributed by atoms with Crippen molar-refractivity contribution in [3.63, 3.8) is 0 Å². The second kappa shape index (κ2) is 7.63. The normalized spacial score (nSPS) is 11.5. The number of hydrogen-bond acceptors (Lipinski definition) is 4. The molecule has 2 aromatic carbocycles. The van der Waals surface area contributed by atoms with Crippen LogP contribution in [0.25, 0.3) is 0 Å². The number of anilines is 2. The minimum atomic E-state index is -0.979. The monoisotopic (exact) mass is 336 g/mol. The second-order valence-corrected chi connectivity index (χ2v) is 5.05. The maximum Gasteiger partial charge on any atom is 0.246 e. The number of ether oxygens (including phenoxy) is 2. The van der Waals surface area contributed by atoms with Gasteiger partial charge in [0, 0.05) is 23.5 Å². The van der Waals surface area contributed by atoms with Crippen LogP contribution in [0.1, 0.15) is 6.92 Å². The third-order valence-electron chi connectivity index (χ3n) is 3.35. The first-order valence-electron chi connectivity index (χ1n) is 7.19. The average Bonchev–Trinajstić information content (AvgIpc) is 2.57. The number of methoxy groups -OCH3 is 2. The molecule has 0 aliphatic heterocycles. The summed E-state index contributed by atoms with van der Waals surface area (Å²) in [6, 6.07) is 7.65. The van der Waals surface area contributed by atoms with Crippen LogP contribution in [0, 0.1) is 11.6 Å². The van der Waals surface area contributed by atoms with Crippen LogP contribution in [0.3, 0.4) is 0 Å². The molecule has 0 aromatic heterocycles. The number of nitrogens with one attached hydrogen (secondary N) is 2. The molecule has 0 bridgehead atoms. The summed E-state index contributed by atoms with van der Waals surface area (Å²) >= 11 is 0. The molecular weight excluding hydrogens is 318 g/mol. The third kappa shape index (κ3) is 4.13. The third-order valence-corrected chi connectivity index (χ3v) is 3.35. The van der Waals surface area contributed by atoms with Crippen molar-refractivity contribution in [3.8, 4) is 11.5 Å². The Labute approximate surface area is 138 Å². The van der Waals surface area contributed by atoms with Gasteiger partial charge in [-0.2, -0.15) is 0 Å². The number of halogens is 2. The summed E-state index contributed by atoms with van der Waals surface area (Å²) in [6.45, 7) is 1.61. The van der Waals surface area contributed by atoms with Crippen molar-refractivity contribution in [3.05, 3.63) is 48.0 Å². The molecule has 0 aliphatic rings. The van der Waals surface area contributed by atoms with Gasteiger partial charge in [0.15, 0.2) is 23.1 Å². The number of rotatable bonds is 6.